The van der Waals surface area contributed by atoms with Gasteiger partial charge in [-0.3, -0.25) is 0 Å². The highest BCUT2D eigenvalue weighted by molar-refractivity contribution is 5.46. The van der Waals surface area contributed by atoms with Gasteiger partial charge in [0.05, 0.1) is 0 Å². The Bertz CT molecular complexity index is 553. The highest BCUT2D eigenvalue weighted by Gasteiger charge is 2.30. The van der Waals surface area contributed by atoms with Crippen molar-refractivity contribution in [2.45, 2.75) is 38.1 Å². The zero-order chi connectivity index (χ0) is 13.9. The average molecular weight is 269 g/mol. The van der Waals surface area contributed by atoms with Gasteiger partial charge in [0.1, 0.15) is 5.82 Å². The van der Waals surface area contributed by atoms with Crippen molar-refractivity contribution in [3.05, 3.63) is 65.5 Å². The maximum atomic E-state index is 12.9. The molecule has 0 spiro atoms. The van der Waals surface area contributed by atoms with Crippen molar-refractivity contribution in [1.29, 1.82) is 0 Å². The molecule has 0 aromatic heterocycles. The number of rotatable bonds is 4. The van der Waals surface area contributed by atoms with Gasteiger partial charge in [-0.1, -0.05) is 31.2 Å². The number of hydrogen-bond donors (Lipinski definition) is 1. The van der Waals surface area contributed by atoms with E-state index < -0.39 is 0 Å². The summed E-state index contributed by atoms with van der Waals surface area (Å²) in [7, 11) is 0. The van der Waals surface area contributed by atoms with Gasteiger partial charge in [-0.2, -0.15) is 0 Å². The molecule has 1 nitrogen and oxygen atoms in total. The predicted molar refractivity (Wildman–Crippen MR) is 81.6 cm³/mol. The van der Waals surface area contributed by atoms with Crippen LogP contribution in [0.2, 0.25) is 0 Å². The fourth-order valence-electron chi connectivity index (χ4n) is 2.82. The van der Waals surface area contributed by atoms with Crippen LogP contribution in [0.15, 0.2) is 48.5 Å². The Hall–Kier alpha value is -1.83. The molecule has 0 saturated heterocycles. The quantitative estimate of drug-likeness (QED) is 0.845. The Kier molecular flexibility index (Phi) is 3.72. The first kappa shape index (κ1) is 13.2. The van der Waals surface area contributed by atoms with Gasteiger partial charge in [0.2, 0.25) is 0 Å². The Morgan fingerprint density at radius 3 is 2.25 bits per heavy atom. The molecule has 1 aliphatic carbocycles. The number of halogens is 1. The summed E-state index contributed by atoms with van der Waals surface area (Å²) < 4.78 is 12.9. The monoisotopic (exact) mass is 269 g/mol. The molecule has 3 rings (SSSR count). The zero-order valence-electron chi connectivity index (χ0n) is 11.8. The first-order valence-electron chi connectivity index (χ1n) is 7.35. The summed E-state index contributed by atoms with van der Waals surface area (Å²) in [5.74, 6) is 0.418. The molecule has 0 radical (unpaired) electrons. The van der Waals surface area contributed by atoms with Crippen molar-refractivity contribution < 1.29 is 4.39 Å². The molecule has 2 aromatic rings. The van der Waals surface area contributed by atoms with Crippen LogP contribution in [-0.4, -0.2) is 6.04 Å². The number of aryl methyl sites for hydroxylation is 1. The predicted octanol–water partition coefficient (Wildman–Crippen LogP) is 4.75. The molecule has 0 aliphatic heterocycles. The molecule has 0 amide bonds. The molecule has 0 bridgehead atoms. The van der Waals surface area contributed by atoms with E-state index >= 15 is 0 Å². The lowest BCUT2D eigenvalue weighted by Crippen LogP contribution is -2.33. The van der Waals surface area contributed by atoms with Crippen molar-refractivity contribution in [2.24, 2.45) is 0 Å². The average Bonchev–Trinajstić information content (AvgIpc) is 2.44. The van der Waals surface area contributed by atoms with E-state index in [-0.39, 0.29) is 5.82 Å². The minimum absolute atomic E-state index is 0.154. The smallest absolute Gasteiger partial charge is 0.123 e. The van der Waals surface area contributed by atoms with Crippen LogP contribution in [0.5, 0.6) is 0 Å². The van der Waals surface area contributed by atoms with Crippen LogP contribution < -0.4 is 5.32 Å². The summed E-state index contributed by atoms with van der Waals surface area (Å²) in [5.41, 5.74) is 3.82. The third-order valence-electron chi connectivity index (χ3n) is 4.21. The molecule has 20 heavy (non-hydrogen) atoms. The van der Waals surface area contributed by atoms with Crippen LogP contribution in [0.1, 0.15) is 36.8 Å². The molecule has 2 heteroatoms. The van der Waals surface area contributed by atoms with Crippen molar-refractivity contribution in [3.8, 4) is 0 Å². The van der Waals surface area contributed by atoms with E-state index in [1.165, 1.54) is 16.8 Å². The normalized spacial score (nSPS) is 21.3. The van der Waals surface area contributed by atoms with E-state index in [4.69, 9.17) is 0 Å². The van der Waals surface area contributed by atoms with Gasteiger partial charge in [0, 0.05) is 11.7 Å². The second-order valence-corrected chi connectivity index (χ2v) is 5.61. The first-order chi connectivity index (χ1) is 9.74. The van der Waals surface area contributed by atoms with Gasteiger partial charge in [0.25, 0.3) is 0 Å². The summed E-state index contributed by atoms with van der Waals surface area (Å²) >= 11 is 0. The molecule has 0 heterocycles. The zero-order valence-corrected chi connectivity index (χ0v) is 11.8. The summed E-state index contributed by atoms with van der Waals surface area (Å²) in [5, 5.41) is 3.57. The molecule has 104 valence electrons. The summed E-state index contributed by atoms with van der Waals surface area (Å²) in [6, 6.07) is 16.1. The molecule has 1 aliphatic rings. The van der Waals surface area contributed by atoms with E-state index in [1.54, 1.807) is 12.1 Å². The van der Waals surface area contributed by atoms with E-state index in [0.29, 0.717) is 12.0 Å². The van der Waals surface area contributed by atoms with Crippen LogP contribution in [0.25, 0.3) is 0 Å². The Balaban J connectivity index is 1.53. The third kappa shape index (κ3) is 2.84. The Morgan fingerprint density at radius 1 is 1.00 bits per heavy atom. The number of nitrogens with one attached hydrogen (secondary N) is 1. The van der Waals surface area contributed by atoms with Gasteiger partial charge in [-0.25, -0.2) is 4.39 Å². The minimum Gasteiger partial charge on any atom is -0.382 e. The molecule has 0 unspecified atom stereocenters. The highest BCUT2D eigenvalue weighted by atomic mass is 19.1. The fraction of sp³-hybridized carbons (Fsp3) is 0.333. The maximum Gasteiger partial charge on any atom is 0.123 e. The maximum absolute atomic E-state index is 12.9. The summed E-state index contributed by atoms with van der Waals surface area (Å²) in [6.45, 7) is 2.17. The van der Waals surface area contributed by atoms with E-state index in [0.717, 1.165) is 19.3 Å². The Morgan fingerprint density at radius 2 is 1.65 bits per heavy atom. The van der Waals surface area contributed by atoms with Crippen molar-refractivity contribution >= 4 is 5.69 Å². The molecule has 1 N–H and O–H groups in total. The van der Waals surface area contributed by atoms with Crippen molar-refractivity contribution in [3.63, 3.8) is 0 Å². The van der Waals surface area contributed by atoms with Gasteiger partial charge in [-0.15, -0.1) is 0 Å². The third-order valence-corrected chi connectivity index (χ3v) is 4.21. The second kappa shape index (κ2) is 5.66. The van der Waals surface area contributed by atoms with Crippen LogP contribution in [-0.2, 0) is 6.42 Å². The fourth-order valence-corrected chi connectivity index (χ4v) is 2.82. The standard InChI is InChI=1S/C18H20FN/c1-2-13-3-9-17(10-4-13)20-18-11-15(12-18)14-5-7-16(19)8-6-14/h3-10,15,18,20H,2,11-12H2,1H3. The first-order valence-corrected chi connectivity index (χ1v) is 7.35. The van der Waals surface area contributed by atoms with Crippen LogP contribution >= 0.6 is 0 Å². The molecule has 1 saturated carbocycles. The topological polar surface area (TPSA) is 12.0 Å². The lowest BCUT2D eigenvalue weighted by molar-refractivity contribution is 0.374. The van der Waals surface area contributed by atoms with Crippen molar-refractivity contribution in [1.82, 2.24) is 0 Å². The molecular formula is C18H20FN. The van der Waals surface area contributed by atoms with Gasteiger partial charge in [0.15, 0.2) is 0 Å². The van der Waals surface area contributed by atoms with Crippen LogP contribution in [0, 0.1) is 5.82 Å². The van der Waals surface area contributed by atoms with E-state index in [9.17, 15) is 4.39 Å². The SMILES string of the molecule is CCc1ccc(NC2CC(c3ccc(F)cc3)C2)cc1. The molecule has 0 atom stereocenters. The highest BCUT2D eigenvalue weighted by Crippen LogP contribution is 2.38. The second-order valence-electron chi connectivity index (χ2n) is 5.61. The Labute approximate surface area is 119 Å². The molecule has 1 fully saturated rings. The minimum atomic E-state index is -0.154. The summed E-state index contributed by atoms with van der Waals surface area (Å²) in [6.07, 6.45) is 3.33. The molecular weight excluding hydrogens is 249 g/mol. The van der Waals surface area contributed by atoms with Crippen LogP contribution in [0.3, 0.4) is 0 Å². The van der Waals surface area contributed by atoms with Crippen LogP contribution in [0.4, 0.5) is 10.1 Å². The van der Waals surface area contributed by atoms with Gasteiger partial charge < -0.3 is 5.32 Å². The largest absolute Gasteiger partial charge is 0.382 e. The van der Waals surface area contributed by atoms with Crippen molar-refractivity contribution in [2.75, 3.05) is 5.32 Å². The number of hydrogen-bond acceptors (Lipinski definition) is 1. The van der Waals surface area contributed by atoms with Gasteiger partial charge in [-0.05, 0) is 60.6 Å². The summed E-state index contributed by atoms with van der Waals surface area (Å²) in [4.78, 5) is 0. The van der Waals surface area contributed by atoms with E-state index in [2.05, 4.69) is 36.5 Å². The lowest BCUT2D eigenvalue weighted by Gasteiger charge is -2.37. The van der Waals surface area contributed by atoms with Gasteiger partial charge >= 0.3 is 0 Å². The molecule has 2 aromatic carbocycles. The number of anilines is 1. The van der Waals surface area contributed by atoms with E-state index in [1.807, 2.05) is 12.1 Å². The number of benzene rings is 2. The lowest BCUT2D eigenvalue weighted by atomic mass is 9.76.